The van der Waals surface area contributed by atoms with Crippen LogP contribution in [0.2, 0.25) is 0 Å². The molecule has 0 radical (unpaired) electrons. The number of hydrogen-bond acceptors (Lipinski definition) is 3. The summed E-state index contributed by atoms with van der Waals surface area (Å²) in [6.07, 6.45) is 0. The molecular weight excluding hydrogens is 138 g/mol. The van der Waals surface area contributed by atoms with E-state index in [1.165, 1.54) is 0 Å². The average Bonchev–Trinajstić information content (AvgIpc) is 2.04. The van der Waals surface area contributed by atoms with Crippen LogP contribution in [0.3, 0.4) is 0 Å². The zero-order valence-corrected chi connectivity index (χ0v) is 6.81. The summed E-state index contributed by atoms with van der Waals surface area (Å²) in [5.41, 5.74) is 8.46. The first-order chi connectivity index (χ1) is 5.27. The molecular formula is C8H13N3. The third-order valence-electron chi connectivity index (χ3n) is 1.61. The van der Waals surface area contributed by atoms with Crippen LogP contribution in [0.15, 0.2) is 18.2 Å². The van der Waals surface area contributed by atoms with Gasteiger partial charge in [0, 0.05) is 19.8 Å². The minimum atomic E-state index is 0.763. The van der Waals surface area contributed by atoms with E-state index < -0.39 is 0 Å². The number of benzene rings is 1. The Balaban J connectivity index is 2.99. The Labute approximate surface area is 66.6 Å². The van der Waals surface area contributed by atoms with Gasteiger partial charge in [0.1, 0.15) is 0 Å². The fourth-order valence-electron chi connectivity index (χ4n) is 0.946. The number of nitrogens with one attached hydrogen (secondary N) is 2. The number of nitrogens with two attached hydrogens (primary N) is 1. The van der Waals surface area contributed by atoms with Gasteiger partial charge in [0.2, 0.25) is 0 Å². The van der Waals surface area contributed by atoms with Crippen molar-refractivity contribution in [3.63, 3.8) is 0 Å². The van der Waals surface area contributed by atoms with Crippen LogP contribution in [0.5, 0.6) is 0 Å². The van der Waals surface area contributed by atoms with Gasteiger partial charge in [-0.05, 0) is 18.2 Å². The molecule has 0 amide bonds. The molecule has 3 nitrogen and oxygen atoms in total. The Hall–Kier alpha value is -1.38. The Morgan fingerprint density at radius 1 is 1.18 bits per heavy atom. The number of rotatable bonds is 2. The van der Waals surface area contributed by atoms with E-state index in [0.29, 0.717) is 0 Å². The van der Waals surface area contributed by atoms with Crippen molar-refractivity contribution >= 4 is 17.1 Å². The molecule has 60 valence electrons. The van der Waals surface area contributed by atoms with E-state index in [-0.39, 0.29) is 0 Å². The molecule has 0 fully saturated rings. The van der Waals surface area contributed by atoms with E-state index >= 15 is 0 Å². The smallest absolute Gasteiger partial charge is 0.0572 e. The molecule has 0 unspecified atom stereocenters. The van der Waals surface area contributed by atoms with E-state index in [2.05, 4.69) is 10.6 Å². The van der Waals surface area contributed by atoms with Gasteiger partial charge in [0.05, 0.1) is 11.4 Å². The minimum absolute atomic E-state index is 0.763. The third kappa shape index (κ3) is 1.55. The average molecular weight is 151 g/mol. The lowest BCUT2D eigenvalue weighted by atomic mass is 10.2. The van der Waals surface area contributed by atoms with Crippen molar-refractivity contribution < 1.29 is 0 Å². The highest BCUT2D eigenvalue weighted by molar-refractivity contribution is 5.71. The summed E-state index contributed by atoms with van der Waals surface area (Å²) in [7, 11) is 3.72. The summed E-state index contributed by atoms with van der Waals surface area (Å²) in [4.78, 5) is 0. The van der Waals surface area contributed by atoms with Gasteiger partial charge in [-0.1, -0.05) is 0 Å². The Bertz CT molecular complexity index is 245. The molecule has 11 heavy (non-hydrogen) atoms. The summed E-state index contributed by atoms with van der Waals surface area (Å²) in [6, 6.07) is 5.81. The summed E-state index contributed by atoms with van der Waals surface area (Å²) in [5, 5.41) is 6.01. The molecule has 1 rings (SSSR count). The first kappa shape index (κ1) is 7.72. The van der Waals surface area contributed by atoms with E-state index in [0.717, 1.165) is 17.1 Å². The molecule has 0 aromatic heterocycles. The first-order valence-electron chi connectivity index (χ1n) is 3.53. The van der Waals surface area contributed by atoms with Crippen LogP contribution in [0.4, 0.5) is 17.1 Å². The van der Waals surface area contributed by atoms with E-state index in [1.807, 2.05) is 32.3 Å². The minimum Gasteiger partial charge on any atom is -0.397 e. The van der Waals surface area contributed by atoms with Gasteiger partial charge in [0.25, 0.3) is 0 Å². The summed E-state index contributed by atoms with van der Waals surface area (Å²) in [6.45, 7) is 0. The SMILES string of the molecule is CNc1ccc(NC)c(N)c1. The molecule has 3 heteroatoms. The summed E-state index contributed by atoms with van der Waals surface area (Å²) >= 11 is 0. The predicted octanol–water partition coefficient (Wildman–Crippen LogP) is 1.35. The van der Waals surface area contributed by atoms with Crippen molar-refractivity contribution in [1.29, 1.82) is 0 Å². The Kier molecular flexibility index (Phi) is 2.21. The van der Waals surface area contributed by atoms with Crippen molar-refractivity contribution in [2.24, 2.45) is 0 Å². The maximum atomic E-state index is 5.70. The Morgan fingerprint density at radius 2 is 1.91 bits per heavy atom. The zero-order valence-electron chi connectivity index (χ0n) is 6.81. The van der Waals surface area contributed by atoms with Crippen LogP contribution >= 0.6 is 0 Å². The van der Waals surface area contributed by atoms with Gasteiger partial charge in [-0.15, -0.1) is 0 Å². The van der Waals surface area contributed by atoms with Crippen molar-refractivity contribution in [2.75, 3.05) is 30.5 Å². The summed E-state index contributed by atoms with van der Waals surface area (Å²) in [5.74, 6) is 0. The van der Waals surface area contributed by atoms with Crippen molar-refractivity contribution in [3.05, 3.63) is 18.2 Å². The lowest BCUT2D eigenvalue weighted by Crippen LogP contribution is -1.97. The number of nitrogen functional groups attached to an aromatic ring is 1. The quantitative estimate of drug-likeness (QED) is 0.559. The van der Waals surface area contributed by atoms with Crippen LogP contribution < -0.4 is 16.4 Å². The number of hydrogen-bond donors (Lipinski definition) is 3. The fraction of sp³-hybridized carbons (Fsp3) is 0.250. The fourth-order valence-corrected chi connectivity index (χ4v) is 0.946. The van der Waals surface area contributed by atoms with Crippen molar-refractivity contribution in [3.8, 4) is 0 Å². The molecule has 0 aliphatic rings. The third-order valence-corrected chi connectivity index (χ3v) is 1.61. The topological polar surface area (TPSA) is 50.1 Å². The molecule has 0 heterocycles. The highest BCUT2D eigenvalue weighted by atomic mass is 14.9. The molecule has 4 N–H and O–H groups in total. The second-order valence-electron chi connectivity index (χ2n) is 2.30. The zero-order chi connectivity index (χ0) is 8.27. The van der Waals surface area contributed by atoms with Crippen molar-refractivity contribution in [1.82, 2.24) is 0 Å². The molecule has 1 aromatic carbocycles. The van der Waals surface area contributed by atoms with Gasteiger partial charge in [0.15, 0.2) is 0 Å². The molecule has 0 spiro atoms. The molecule has 1 aromatic rings. The van der Waals surface area contributed by atoms with Crippen LogP contribution in [0.1, 0.15) is 0 Å². The normalized spacial score (nSPS) is 9.27. The van der Waals surface area contributed by atoms with Crippen LogP contribution in [-0.4, -0.2) is 14.1 Å². The molecule has 0 aliphatic heterocycles. The Morgan fingerprint density at radius 3 is 2.36 bits per heavy atom. The molecule has 0 saturated heterocycles. The van der Waals surface area contributed by atoms with Gasteiger partial charge in [-0.2, -0.15) is 0 Å². The van der Waals surface area contributed by atoms with Crippen LogP contribution in [0, 0.1) is 0 Å². The maximum Gasteiger partial charge on any atom is 0.0572 e. The standard InChI is InChI=1S/C8H13N3/c1-10-6-3-4-8(11-2)7(9)5-6/h3-5,10-11H,9H2,1-2H3. The first-order valence-corrected chi connectivity index (χ1v) is 3.53. The molecule has 0 bridgehead atoms. The lowest BCUT2D eigenvalue weighted by Gasteiger charge is -2.06. The molecule has 0 atom stereocenters. The number of anilines is 3. The maximum absolute atomic E-state index is 5.70. The lowest BCUT2D eigenvalue weighted by molar-refractivity contribution is 1.47. The van der Waals surface area contributed by atoms with Gasteiger partial charge in [-0.3, -0.25) is 0 Å². The largest absolute Gasteiger partial charge is 0.397 e. The van der Waals surface area contributed by atoms with Crippen molar-refractivity contribution in [2.45, 2.75) is 0 Å². The monoisotopic (exact) mass is 151 g/mol. The van der Waals surface area contributed by atoms with Gasteiger partial charge in [-0.25, -0.2) is 0 Å². The summed E-state index contributed by atoms with van der Waals surface area (Å²) < 4.78 is 0. The predicted molar refractivity (Wildman–Crippen MR) is 49.9 cm³/mol. The second kappa shape index (κ2) is 3.14. The van der Waals surface area contributed by atoms with Crippen LogP contribution in [0.25, 0.3) is 0 Å². The van der Waals surface area contributed by atoms with E-state index in [1.54, 1.807) is 0 Å². The van der Waals surface area contributed by atoms with Gasteiger partial charge < -0.3 is 16.4 Å². The van der Waals surface area contributed by atoms with E-state index in [4.69, 9.17) is 5.73 Å². The van der Waals surface area contributed by atoms with E-state index in [9.17, 15) is 0 Å². The molecule has 0 aliphatic carbocycles. The highest BCUT2D eigenvalue weighted by Crippen LogP contribution is 2.21. The molecule has 0 saturated carbocycles. The highest BCUT2D eigenvalue weighted by Gasteiger charge is 1.95. The van der Waals surface area contributed by atoms with Gasteiger partial charge >= 0.3 is 0 Å². The second-order valence-corrected chi connectivity index (χ2v) is 2.30. The van der Waals surface area contributed by atoms with Crippen LogP contribution in [-0.2, 0) is 0 Å².